The van der Waals surface area contributed by atoms with E-state index < -0.39 is 11.8 Å². The molecule has 0 bridgehead atoms. The highest BCUT2D eigenvalue weighted by molar-refractivity contribution is 7.21. The van der Waals surface area contributed by atoms with Crippen LogP contribution in [0.1, 0.15) is 46.3 Å². The predicted octanol–water partition coefficient (Wildman–Crippen LogP) is 3.59. The van der Waals surface area contributed by atoms with E-state index in [4.69, 9.17) is 0 Å². The summed E-state index contributed by atoms with van der Waals surface area (Å²) in [5.74, 6) is -1.04. The van der Waals surface area contributed by atoms with Crippen LogP contribution in [0, 0.1) is 0 Å². The largest absolute Gasteiger partial charge is 0.290 e. The monoisotopic (exact) mass is 480 g/mol. The molecular weight excluding hydrogens is 460 g/mol. The minimum atomic E-state index is -0.591. The first-order chi connectivity index (χ1) is 16.1. The van der Waals surface area contributed by atoms with Crippen molar-refractivity contribution in [2.24, 2.45) is 0 Å². The Morgan fingerprint density at radius 3 is 2.70 bits per heavy atom. The van der Waals surface area contributed by atoms with Crippen molar-refractivity contribution in [1.82, 2.24) is 30.0 Å². The molecule has 4 aromatic heterocycles. The highest BCUT2D eigenvalue weighted by atomic mass is 32.1. The van der Waals surface area contributed by atoms with Crippen molar-refractivity contribution < 1.29 is 9.59 Å². The van der Waals surface area contributed by atoms with E-state index in [0.717, 1.165) is 34.6 Å². The molecule has 0 aliphatic heterocycles. The summed E-state index contributed by atoms with van der Waals surface area (Å²) in [4.78, 5) is 44.9. The van der Waals surface area contributed by atoms with Crippen LogP contribution in [0.15, 0.2) is 46.7 Å². The van der Waals surface area contributed by atoms with E-state index in [0.29, 0.717) is 22.2 Å². The number of aromatic nitrogens is 4. The Kier molecular flexibility index (Phi) is 5.65. The molecule has 0 aliphatic rings. The molecular formula is C22H20N6O3S2. The van der Waals surface area contributed by atoms with Gasteiger partial charge in [-0.3, -0.25) is 29.6 Å². The molecule has 9 nitrogen and oxygen atoms in total. The lowest BCUT2D eigenvalue weighted by Gasteiger charge is -2.11. The summed E-state index contributed by atoms with van der Waals surface area (Å²) < 4.78 is 3.25. The van der Waals surface area contributed by atoms with Gasteiger partial charge in [0.25, 0.3) is 17.4 Å². The first-order valence-corrected chi connectivity index (χ1v) is 12.2. The molecule has 0 fully saturated rings. The number of nitrogens with one attached hydrogen (secondary N) is 2. The van der Waals surface area contributed by atoms with Crippen LogP contribution in [0.4, 0.5) is 0 Å². The Morgan fingerprint density at radius 2 is 1.88 bits per heavy atom. The fraction of sp³-hybridized carbons (Fsp3) is 0.227. The average Bonchev–Trinajstić information content (AvgIpc) is 3.52. The number of benzene rings is 1. The smallest absolute Gasteiger partial charge is 0.289 e. The summed E-state index contributed by atoms with van der Waals surface area (Å²) in [6, 6.07) is 8.60. The maximum absolute atomic E-state index is 12.9. The summed E-state index contributed by atoms with van der Waals surface area (Å²) >= 11 is 2.77. The third-order valence-electron chi connectivity index (χ3n) is 5.31. The second kappa shape index (κ2) is 8.75. The third kappa shape index (κ3) is 3.89. The van der Waals surface area contributed by atoms with E-state index in [1.165, 1.54) is 27.4 Å². The van der Waals surface area contributed by atoms with Gasteiger partial charge in [-0.25, -0.2) is 9.67 Å². The van der Waals surface area contributed by atoms with Gasteiger partial charge in [0.2, 0.25) is 0 Å². The number of fused-ring (bicyclic) bond motifs is 4. The number of aryl methyl sites for hydroxylation is 1. The summed E-state index contributed by atoms with van der Waals surface area (Å²) in [5.41, 5.74) is 5.59. The molecule has 0 unspecified atom stereocenters. The quantitative estimate of drug-likeness (QED) is 0.285. The van der Waals surface area contributed by atoms with Crippen LogP contribution in [0.3, 0.4) is 0 Å². The second-order valence-corrected chi connectivity index (χ2v) is 9.41. The highest BCUT2D eigenvalue weighted by Gasteiger charge is 2.19. The molecule has 2 N–H and O–H groups in total. The topological polar surface area (TPSA) is 110 Å². The number of thiazole rings is 1. The molecule has 4 heterocycles. The second-order valence-electron chi connectivity index (χ2n) is 7.51. The Hall–Kier alpha value is -3.57. The molecule has 0 spiro atoms. The first-order valence-electron chi connectivity index (χ1n) is 10.5. The van der Waals surface area contributed by atoms with Crippen LogP contribution in [-0.2, 0) is 6.54 Å². The van der Waals surface area contributed by atoms with Gasteiger partial charge < -0.3 is 0 Å². The van der Waals surface area contributed by atoms with Gasteiger partial charge >= 0.3 is 0 Å². The molecule has 1 aromatic carbocycles. The number of amides is 2. The van der Waals surface area contributed by atoms with Crippen molar-refractivity contribution in [1.29, 1.82) is 0 Å². The van der Waals surface area contributed by atoms with E-state index >= 15 is 0 Å². The lowest BCUT2D eigenvalue weighted by Crippen LogP contribution is -2.42. The molecule has 5 aromatic rings. The molecule has 168 valence electrons. The fourth-order valence-electron chi connectivity index (χ4n) is 3.66. The Balaban J connectivity index is 1.38. The number of hydrogen-bond donors (Lipinski definition) is 2. The Labute approximate surface area is 195 Å². The van der Waals surface area contributed by atoms with E-state index in [1.54, 1.807) is 30.3 Å². The minimum Gasteiger partial charge on any atom is -0.289 e. The average molecular weight is 481 g/mol. The van der Waals surface area contributed by atoms with Crippen LogP contribution in [0.2, 0.25) is 0 Å². The van der Waals surface area contributed by atoms with E-state index in [1.807, 2.05) is 16.0 Å². The molecule has 0 aliphatic carbocycles. The molecule has 0 radical (unpaired) electrons. The van der Waals surface area contributed by atoms with E-state index in [-0.39, 0.29) is 11.3 Å². The SMILES string of the molecule is CCCCCn1nc(C(=O)NNC(=O)c2cc3c(nc4sccn43)s2)c2ccccc2c1=O. The Morgan fingerprint density at radius 1 is 1.09 bits per heavy atom. The Bertz CT molecular complexity index is 1560. The number of carbonyl (C=O) groups is 2. The standard InChI is InChI=1S/C22H20N6O3S2/c1-2-3-6-9-28-21(31)14-8-5-4-7-13(14)17(26-28)19(30)25-24-18(29)16-12-15-20(33-16)23-22-27(15)10-11-32-22/h4-5,7-8,10-12H,2-3,6,9H2,1H3,(H,24,29)(H,25,30). The number of rotatable bonds is 6. The lowest BCUT2D eigenvalue weighted by atomic mass is 10.1. The van der Waals surface area contributed by atoms with Gasteiger partial charge in [0.1, 0.15) is 4.83 Å². The van der Waals surface area contributed by atoms with Gasteiger partial charge in [-0.2, -0.15) is 5.10 Å². The van der Waals surface area contributed by atoms with E-state index in [9.17, 15) is 14.4 Å². The summed E-state index contributed by atoms with van der Waals surface area (Å²) in [6.07, 6.45) is 4.66. The zero-order chi connectivity index (χ0) is 22.9. The highest BCUT2D eigenvalue weighted by Crippen LogP contribution is 2.28. The zero-order valence-corrected chi connectivity index (χ0v) is 19.3. The van der Waals surface area contributed by atoms with Crippen LogP contribution < -0.4 is 16.4 Å². The van der Waals surface area contributed by atoms with Crippen molar-refractivity contribution in [2.45, 2.75) is 32.7 Å². The van der Waals surface area contributed by atoms with E-state index in [2.05, 4.69) is 27.9 Å². The summed E-state index contributed by atoms with van der Waals surface area (Å²) in [6.45, 7) is 2.50. The van der Waals surface area contributed by atoms with Crippen LogP contribution in [0.5, 0.6) is 0 Å². The predicted molar refractivity (Wildman–Crippen MR) is 129 cm³/mol. The van der Waals surface area contributed by atoms with Gasteiger partial charge in [0.05, 0.1) is 15.8 Å². The number of thiophene rings is 1. The summed E-state index contributed by atoms with van der Waals surface area (Å²) in [5, 5.41) is 7.10. The van der Waals surface area contributed by atoms with Crippen LogP contribution >= 0.6 is 22.7 Å². The molecule has 11 heteroatoms. The molecule has 2 amide bonds. The van der Waals surface area contributed by atoms with Crippen molar-refractivity contribution in [3.8, 4) is 0 Å². The van der Waals surface area contributed by atoms with Gasteiger partial charge in [-0.05, 0) is 18.6 Å². The van der Waals surface area contributed by atoms with Crippen molar-refractivity contribution in [3.63, 3.8) is 0 Å². The van der Waals surface area contributed by atoms with Crippen molar-refractivity contribution in [3.05, 3.63) is 62.8 Å². The number of nitrogens with zero attached hydrogens (tertiary/aromatic N) is 4. The van der Waals surface area contributed by atoms with Crippen LogP contribution in [-0.4, -0.2) is 31.0 Å². The van der Waals surface area contributed by atoms with Crippen molar-refractivity contribution >= 4 is 60.6 Å². The number of hydrogen-bond acceptors (Lipinski definition) is 7. The maximum Gasteiger partial charge on any atom is 0.290 e. The number of carbonyl (C=O) groups excluding carboxylic acids is 2. The van der Waals surface area contributed by atoms with Gasteiger partial charge in [-0.1, -0.05) is 38.0 Å². The molecule has 33 heavy (non-hydrogen) atoms. The molecule has 0 atom stereocenters. The zero-order valence-electron chi connectivity index (χ0n) is 17.7. The normalized spacial score (nSPS) is 11.4. The van der Waals surface area contributed by atoms with Gasteiger partial charge in [-0.15, -0.1) is 22.7 Å². The molecule has 0 saturated carbocycles. The van der Waals surface area contributed by atoms with Crippen molar-refractivity contribution in [2.75, 3.05) is 0 Å². The number of hydrazine groups is 1. The van der Waals surface area contributed by atoms with Crippen LogP contribution in [0.25, 0.3) is 26.1 Å². The lowest BCUT2D eigenvalue weighted by molar-refractivity contribution is 0.0846. The summed E-state index contributed by atoms with van der Waals surface area (Å²) in [7, 11) is 0. The molecule has 0 saturated heterocycles. The maximum atomic E-state index is 12.9. The third-order valence-corrected chi connectivity index (χ3v) is 7.08. The molecule has 5 rings (SSSR count). The minimum absolute atomic E-state index is 0.0872. The fourth-order valence-corrected chi connectivity index (χ4v) is 5.36. The van der Waals surface area contributed by atoms with Gasteiger partial charge in [0, 0.05) is 23.5 Å². The van der Waals surface area contributed by atoms with Gasteiger partial charge in [0.15, 0.2) is 10.7 Å². The number of unbranched alkanes of at least 4 members (excludes halogenated alkanes) is 2. The first kappa shape index (κ1) is 21.3. The number of imidazole rings is 1.